The van der Waals surface area contributed by atoms with Crippen molar-refractivity contribution >= 4 is 38.7 Å². The molecule has 0 amide bonds. The van der Waals surface area contributed by atoms with Crippen LogP contribution in [0.1, 0.15) is 20.5 Å². The molecular formula is C13H10N2OS2. The van der Waals surface area contributed by atoms with Crippen LogP contribution in [0.4, 0.5) is 0 Å². The van der Waals surface area contributed by atoms with Crippen LogP contribution in [0.25, 0.3) is 10.2 Å². The van der Waals surface area contributed by atoms with Crippen molar-refractivity contribution in [2.24, 2.45) is 0 Å². The first-order valence-electron chi connectivity index (χ1n) is 5.52. The molecular weight excluding hydrogens is 264 g/mol. The van der Waals surface area contributed by atoms with E-state index in [9.17, 15) is 4.79 Å². The number of rotatable bonds is 3. The minimum Gasteiger partial charge on any atom is -0.291 e. The van der Waals surface area contributed by atoms with Crippen LogP contribution in [-0.4, -0.2) is 15.8 Å². The predicted molar refractivity (Wildman–Crippen MR) is 74.5 cm³/mol. The topological polar surface area (TPSA) is 42.9 Å². The standard InChI is InChI=1S/C13H10N2OS2/c1-8-14-9(7-17-8)6-11(16)13-15-10-4-2-3-5-12(10)18-13/h2-5,7H,6H2,1H3. The highest BCUT2D eigenvalue weighted by Crippen LogP contribution is 2.22. The van der Waals surface area contributed by atoms with Crippen LogP contribution in [0.5, 0.6) is 0 Å². The molecule has 0 unspecified atom stereocenters. The first-order valence-corrected chi connectivity index (χ1v) is 7.22. The first kappa shape index (κ1) is 11.5. The maximum Gasteiger partial charge on any atom is 0.197 e. The van der Waals surface area contributed by atoms with Crippen molar-refractivity contribution in [1.82, 2.24) is 9.97 Å². The highest BCUT2D eigenvalue weighted by molar-refractivity contribution is 7.20. The molecule has 18 heavy (non-hydrogen) atoms. The summed E-state index contributed by atoms with van der Waals surface area (Å²) in [4.78, 5) is 20.8. The van der Waals surface area contributed by atoms with Gasteiger partial charge in [-0.15, -0.1) is 22.7 Å². The summed E-state index contributed by atoms with van der Waals surface area (Å²) in [5.74, 6) is 0.0431. The molecule has 0 bridgehead atoms. The smallest absolute Gasteiger partial charge is 0.197 e. The van der Waals surface area contributed by atoms with E-state index in [1.165, 1.54) is 11.3 Å². The molecule has 0 saturated heterocycles. The molecule has 0 aliphatic rings. The molecule has 2 heterocycles. The number of nitrogens with zero attached hydrogens (tertiary/aromatic N) is 2. The van der Waals surface area contributed by atoms with Gasteiger partial charge in [-0.1, -0.05) is 12.1 Å². The van der Waals surface area contributed by atoms with Crippen LogP contribution in [0, 0.1) is 6.92 Å². The number of aryl methyl sites for hydroxylation is 1. The molecule has 0 N–H and O–H groups in total. The van der Waals surface area contributed by atoms with E-state index in [4.69, 9.17) is 0 Å². The molecule has 0 radical (unpaired) electrons. The Morgan fingerprint density at radius 3 is 2.83 bits per heavy atom. The van der Waals surface area contributed by atoms with E-state index in [1.807, 2.05) is 36.6 Å². The summed E-state index contributed by atoms with van der Waals surface area (Å²) >= 11 is 3.01. The Bertz CT molecular complexity index is 681. The van der Waals surface area contributed by atoms with E-state index in [-0.39, 0.29) is 5.78 Å². The van der Waals surface area contributed by atoms with Crippen LogP contribution in [0.2, 0.25) is 0 Å². The molecule has 0 aliphatic carbocycles. The summed E-state index contributed by atoms with van der Waals surface area (Å²) in [6, 6.07) is 7.80. The summed E-state index contributed by atoms with van der Waals surface area (Å²) in [7, 11) is 0. The van der Waals surface area contributed by atoms with Crippen LogP contribution in [0.3, 0.4) is 0 Å². The fourth-order valence-corrected chi connectivity index (χ4v) is 3.24. The zero-order valence-corrected chi connectivity index (χ0v) is 11.3. The Morgan fingerprint density at radius 1 is 1.28 bits per heavy atom. The highest BCUT2D eigenvalue weighted by Gasteiger charge is 2.14. The van der Waals surface area contributed by atoms with Gasteiger partial charge in [-0.2, -0.15) is 0 Å². The molecule has 0 fully saturated rings. The van der Waals surface area contributed by atoms with Crippen molar-refractivity contribution in [2.75, 3.05) is 0 Å². The molecule has 3 aromatic rings. The minimum atomic E-state index is 0.0431. The van der Waals surface area contributed by atoms with Crippen molar-refractivity contribution in [3.05, 3.63) is 45.4 Å². The van der Waals surface area contributed by atoms with Crippen LogP contribution in [0.15, 0.2) is 29.6 Å². The number of Topliss-reactive ketones (excluding diaryl/α,β-unsaturated/α-hetero) is 1. The Morgan fingerprint density at radius 2 is 2.11 bits per heavy atom. The van der Waals surface area contributed by atoms with Gasteiger partial charge in [0.15, 0.2) is 10.8 Å². The summed E-state index contributed by atoms with van der Waals surface area (Å²) in [6.07, 6.45) is 0.337. The number of fused-ring (bicyclic) bond motifs is 1. The average molecular weight is 274 g/mol. The van der Waals surface area contributed by atoms with Gasteiger partial charge in [-0.3, -0.25) is 4.79 Å². The van der Waals surface area contributed by atoms with Gasteiger partial charge in [-0.05, 0) is 19.1 Å². The lowest BCUT2D eigenvalue weighted by Crippen LogP contribution is -2.03. The SMILES string of the molecule is Cc1nc(CC(=O)c2nc3ccccc3s2)cs1. The van der Waals surface area contributed by atoms with E-state index in [1.54, 1.807) is 11.3 Å². The number of thiazole rings is 2. The number of ketones is 1. The molecule has 0 aliphatic heterocycles. The van der Waals surface area contributed by atoms with Gasteiger partial charge in [0, 0.05) is 5.38 Å². The second kappa shape index (κ2) is 4.59. The molecule has 5 heteroatoms. The largest absolute Gasteiger partial charge is 0.291 e. The van der Waals surface area contributed by atoms with Crippen LogP contribution in [-0.2, 0) is 6.42 Å². The third-order valence-electron chi connectivity index (χ3n) is 2.54. The third kappa shape index (κ3) is 2.19. The van der Waals surface area contributed by atoms with Crippen molar-refractivity contribution in [1.29, 1.82) is 0 Å². The molecule has 1 aromatic carbocycles. The monoisotopic (exact) mass is 274 g/mol. The van der Waals surface area contributed by atoms with Gasteiger partial charge < -0.3 is 0 Å². The lowest BCUT2D eigenvalue weighted by atomic mass is 10.2. The second-order valence-corrected chi connectivity index (χ2v) is 6.04. The maximum absolute atomic E-state index is 12.1. The fraction of sp³-hybridized carbons (Fsp3) is 0.154. The van der Waals surface area contributed by atoms with Gasteiger partial charge in [0.25, 0.3) is 0 Å². The minimum absolute atomic E-state index is 0.0431. The normalized spacial score (nSPS) is 10.9. The molecule has 0 saturated carbocycles. The van der Waals surface area contributed by atoms with Crippen molar-refractivity contribution in [2.45, 2.75) is 13.3 Å². The Labute approximate surface area is 112 Å². The number of benzene rings is 1. The number of carbonyl (C=O) groups excluding carboxylic acids is 1. The first-order chi connectivity index (χ1) is 8.72. The lowest BCUT2D eigenvalue weighted by molar-refractivity contribution is 0.0992. The van der Waals surface area contributed by atoms with Gasteiger partial charge >= 0.3 is 0 Å². The Kier molecular flexibility index (Phi) is 2.93. The number of aromatic nitrogens is 2. The number of para-hydroxylation sites is 1. The van der Waals surface area contributed by atoms with Gasteiger partial charge in [-0.25, -0.2) is 9.97 Å². The zero-order valence-electron chi connectivity index (χ0n) is 9.71. The Balaban J connectivity index is 1.87. The molecule has 3 rings (SSSR count). The Hall–Kier alpha value is -1.59. The lowest BCUT2D eigenvalue weighted by Gasteiger charge is -1.92. The van der Waals surface area contributed by atoms with Crippen molar-refractivity contribution in [3.63, 3.8) is 0 Å². The summed E-state index contributed by atoms with van der Waals surface area (Å²) < 4.78 is 1.05. The molecule has 0 spiro atoms. The summed E-state index contributed by atoms with van der Waals surface area (Å²) in [6.45, 7) is 1.94. The molecule has 0 atom stereocenters. The maximum atomic E-state index is 12.1. The van der Waals surface area contributed by atoms with Gasteiger partial charge in [0.1, 0.15) is 0 Å². The van der Waals surface area contributed by atoms with Gasteiger partial charge in [0.2, 0.25) is 0 Å². The fourth-order valence-electron chi connectivity index (χ4n) is 1.72. The highest BCUT2D eigenvalue weighted by atomic mass is 32.1. The summed E-state index contributed by atoms with van der Waals surface area (Å²) in [5, 5.41) is 3.49. The van der Waals surface area contributed by atoms with Crippen LogP contribution < -0.4 is 0 Å². The van der Waals surface area contributed by atoms with E-state index in [0.29, 0.717) is 11.4 Å². The molecule has 3 nitrogen and oxygen atoms in total. The van der Waals surface area contributed by atoms with Crippen molar-refractivity contribution < 1.29 is 4.79 Å². The van der Waals surface area contributed by atoms with Crippen LogP contribution >= 0.6 is 22.7 Å². The third-order valence-corrected chi connectivity index (χ3v) is 4.44. The number of carbonyl (C=O) groups is 1. The van der Waals surface area contributed by atoms with E-state index >= 15 is 0 Å². The molecule has 2 aromatic heterocycles. The average Bonchev–Trinajstić information content (AvgIpc) is 2.95. The number of hydrogen-bond donors (Lipinski definition) is 0. The van der Waals surface area contributed by atoms with Gasteiger partial charge in [0.05, 0.1) is 27.3 Å². The van der Waals surface area contributed by atoms with E-state index < -0.39 is 0 Å². The number of hydrogen-bond acceptors (Lipinski definition) is 5. The molecule has 90 valence electrons. The van der Waals surface area contributed by atoms with E-state index in [2.05, 4.69) is 9.97 Å². The predicted octanol–water partition coefficient (Wildman–Crippen LogP) is 3.49. The van der Waals surface area contributed by atoms with Crippen molar-refractivity contribution in [3.8, 4) is 0 Å². The zero-order chi connectivity index (χ0) is 12.5. The quantitative estimate of drug-likeness (QED) is 0.687. The second-order valence-electron chi connectivity index (χ2n) is 3.94. The van der Waals surface area contributed by atoms with E-state index in [0.717, 1.165) is 20.9 Å². The summed E-state index contributed by atoms with van der Waals surface area (Å²) in [5.41, 5.74) is 1.72.